The molecule has 0 spiro atoms. The molecule has 7 nitrogen and oxygen atoms in total. The van der Waals surface area contributed by atoms with E-state index in [1.165, 1.54) is 6.07 Å². The highest BCUT2D eigenvalue weighted by molar-refractivity contribution is 6.30. The number of aromatic nitrogens is 2. The van der Waals surface area contributed by atoms with Crippen molar-refractivity contribution >= 4 is 34.4 Å². The molecule has 0 saturated carbocycles. The van der Waals surface area contributed by atoms with Gasteiger partial charge >= 0.3 is 0 Å². The predicted molar refractivity (Wildman–Crippen MR) is 127 cm³/mol. The number of pyridine rings is 1. The van der Waals surface area contributed by atoms with Crippen LogP contribution in [0.25, 0.3) is 22.2 Å². The largest absolute Gasteiger partial charge is 0.381 e. The highest BCUT2D eigenvalue weighted by atomic mass is 35.5. The van der Waals surface area contributed by atoms with Crippen molar-refractivity contribution in [2.45, 2.75) is 38.3 Å². The Hall–Kier alpha value is -2.97. The minimum Gasteiger partial charge on any atom is -0.381 e. The highest BCUT2D eigenvalue weighted by Gasteiger charge is 2.41. The van der Waals surface area contributed by atoms with E-state index in [2.05, 4.69) is 9.88 Å². The molecular formula is C25H26ClFN4O3. The first-order valence-electron chi connectivity index (χ1n) is 11.4. The number of fused-ring (bicyclic) bond motifs is 1. The normalized spacial score (nSPS) is 18.8. The van der Waals surface area contributed by atoms with Crippen molar-refractivity contribution in [3.8, 4) is 11.1 Å². The summed E-state index contributed by atoms with van der Waals surface area (Å²) in [7, 11) is 0. The summed E-state index contributed by atoms with van der Waals surface area (Å²) in [6.07, 6.45) is 3.61. The molecule has 34 heavy (non-hydrogen) atoms. The third-order valence-corrected chi connectivity index (χ3v) is 7.12. The van der Waals surface area contributed by atoms with Gasteiger partial charge in [0.2, 0.25) is 5.91 Å². The summed E-state index contributed by atoms with van der Waals surface area (Å²) in [6, 6.07) is 8.42. The molecule has 2 fully saturated rings. The standard InChI is InChI=1S/C25H26ClFN4O3/c1-25(2)24(33)28-9-10-31(25)23(32)21-6-4-17-18(15-3-5-19(26)20(27)13-15)14-30(22(17)29-21)16-7-11-34-12-8-16/h3-6,13-14,16H,7-12H2,1-2H3,(H,28,33). The second kappa shape index (κ2) is 8.67. The Morgan fingerprint density at radius 2 is 2.00 bits per heavy atom. The van der Waals surface area contributed by atoms with Crippen LogP contribution in [0, 0.1) is 5.82 Å². The molecule has 0 atom stereocenters. The molecule has 2 amide bonds. The highest BCUT2D eigenvalue weighted by Crippen LogP contribution is 2.36. The Morgan fingerprint density at radius 3 is 2.74 bits per heavy atom. The van der Waals surface area contributed by atoms with Crippen LogP contribution >= 0.6 is 11.6 Å². The molecule has 1 aromatic carbocycles. The lowest BCUT2D eigenvalue weighted by atomic mass is 9.98. The van der Waals surface area contributed by atoms with Crippen LogP contribution in [0.1, 0.15) is 43.2 Å². The fourth-order valence-corrected chi connectivity index (χ4v) is 4.89. The Morgan fingerprint density at radius 1 is 1.24 bits per heavy atom. The van der Waals surface area contributed by atoms with Crippen LogP contribution in [0.3, 0.4) is 0 Å². The van der Waals surface area contributed by atoms with Gasteiger partial charge < -0.3 is 19.5 Å². The van der Waals surface area contributed by atoms with Gasteiger partial charge in [0.1, 0.15) is 22.7 Å². The summed E-state index contributed by atoms with van der Waals surface area (Å²) >= 11 is 5.90. The first kappa shape index (κ1) is 22.8. The Labute approximate surface area is 201 Å². The van der Waals surface area contributed by atoms with Crippen molar-refractivity contribution in [3.05, 3.63) is 53.1 Å². The molecule has 2 saturated heterocycles. The Bertz CT molecular complexity index is 1280. The maximum atomic E-state index is 14.3. The zero-order chi connectivity index (χ0) is 24.0. The molecule has 0 aliphatic carbocycles. The maximum Gasteiger partial charge on any atom is 0.273 e. The predicted octanol–water partition coefficient (Wildman–Crippen LogP) is 4.20. The van der Waals surface area contributed by atoms with Crippen molar-refractivity contribution in [2.24, 2.45) is 0 Å². The number of piperazine rings is 1. The Balaban J connectivity index is 1.62. The van der Waals surface area contributed by atoms with E-state index in [9.17, 15) is 14.0 Å². The summed E-state index contributed by atoms with van der Waals surface area (Å²) in [5.74, 6) is -0.970. The topological polar surface area (TPSA) is 76.5 Å². The van der Waals surface area contributed by atoms with Gasteiger partial charge in [0.25, 0.3) is 5.91 Å². The van der Waals surface area contributed by atoms with Gasteiger partial charge in [0, 0.05) is 49.5 Å². The molecule has 0 radical (unpaired) electrons. The van der Waals surface area contributed by atoms with Crippen molar-refractivity contribution in [1.82, 2.24) is 19.8 Å². The van der Waals surface area contributed by atoms with Gasteiger partial charge in [0.15, 0.2) is 0 Å². The third-order valence-electron chi connectivity index (χ3n) is 6.81. The van der Waals surface area contributed by atoms with Crippen LogP contribution in [0.4, 0.5) is 4.39 Å². The second-order valence-electron chi connectivity index (χ2n) is 9.26. The molecule has 2 aliphatic heterocycles. The van der Waals surface area contributed by atoms with Crippen LogP contribution < -0.4 is 5.32 Å². The number of hydrogen-bond donors (Lipinski definition) is 1. The SMILES string of the molecule is CC1(C)C(=O)NCCN1C(=O)c1ccc2c(-c3ccc(Cl)c(F)c3)cn(C3CCOCC3)c2n1. The van der Waals surface area contributed by atoms with Crippen molar-refractivity contribution in [1.29, 1.82) is 0 Å². The molecule has 3 aromatic rings. The number of halogens is 2. The van der Waals surface area contributed by atoms with E-state index in [0.29, 0.717) is 37.5 Å². The average Bonchev–Trinajstić information content (AvgIpc) is 3.21. The van der Waals surface area contributed by atoms with Gasteiger partial charge in [-0.2, -0.15) is 0 Å². The number of ether oxygens (including phenoxy) is 1. The fraction of sp³-hybridized carbons (Fsp3) is 0.400. The minimum atomic E-state index is -0.972. The number of benzene rings is 1. The molecule has 0 bridgehead atoms. The summed E-state index contributed by atoms with van der Waals surface area (Å²) in [5.41, 5.74) is 1.47. The first-order chi connectivity index (χ1) is 16.3. The van der Waals surface area contributed by atoms with Gasteiger partial charge in [-0.25, -0.2) is 9.37 Å². The number of carbonyl (C=O) groups excluding carboxylic acids is 2. The molecule has 1 N–H and O–H groups in total. The monoisotopic (exact) mass is 484 g/mol. The van der Waals surface area contributed by atoms with Gasteiger partial charge in [-0.05, 0) is 56.5 Å². The van der Waals surface area contributed by atoms with E-state index in [4.69, 9.17) is 21.3 Å². The number of amides is 2. The van der Waals surface area contributed by atoms with E-state index in [0.717, 1.165) is 23.8 Å². The van der Waals surface area contributed by atoms with E-state index in [-0.39, 0.29) is 28.6 Å². The van der Waals surface area contributed by atoms with Crippen LogP contribution in [0.2, 0.25) is 5.02 Å². The molecule has 178 valence electrons. The van der Waals surface area contributed by atoms with Gasteiger partial charge in [-0.15, -0.1) is 0 Å². The molecule has 5 rings (SSSR count). The molecule has 9 heteroatoms. The smallest absolute Gasteiger partial charge is 0.273 e. The molecule has 2 aromatic heterocycles. The summed E-state index contributed by atoms with van der Waals surface area (Å²) < 4.78 is 21.9. The maximum absolute atomic E-state index is 14.3. The lowest BCUT2D eigenvalue weighted by Crippen LogP contribution is -2.63. The lowest BCUT2D eigenvalue weighted by molar-refractivity contribution is -0.133. The lowest BCUT2D eigenvalue weighted by Gasteiger charge is -2.40. The summed E-state index contributed by atoms with van der Waals surface area (Å²) in [4.78, 5) is 32.2. The van der Waals surface area contributed by atoms with Crippen molar-refractivity contribution in [3.63, 3.8) is 0 Å². The van der Waals surface area contributed by atoms with Crippen molar-refractivity contribution in [2.75, 3.05) is 26.3 Å². The van der Waals surface area contributed by atoms with E-state index < -0.39 is 11.4 Å². The van der Waals surface area contributed by atoms with Gasteiger partial charge in [-0.1, -0.05) is 17.7 Å². The number of nitrogens with one attached hydrogen (secondary N) is 1. The molecular weight excluding hydrogens is 459 g/mol. The number of rotatable bonds is 3. The number of hydrogen-bond acceptors (Lipinski definition) is 4. The molecule has 0 unspecified atom stereocenters. The Kier molecular flexibility index (Phi) is 5.81. The van der Waals surface area contributed by atoms with E-state index in [1.807, 2.05) is 12.3 Å². The second-order valence-corrected chi connectivity index (χ2v) is 9.67. The quantitative estimate of drug-likeness (QED) is 0.604. The first-order valence-corrected chi connectivity index (χ1v) is 11.8. The summed E-state index contributed by atoms with van der Waals surface area (Å²) in [6.45, 7) is 5.57. The zero-order valence-corrected chi connectivity index (χ0v) is 19.9. The van der Waals surface area contributed by atoms with Crippen LogP contribution in [-0.4, -0.2) is 58.1 Å². The van der Waals surface area contributed by atoms with Crippen LogP contribution in [-0.2, 0) is 9.53 Å². The van der Waals surface area contributed by atoms with Crippen LogP contribution in [0.5, 0.6) is 0 Å². The minimum absolute atomic E-state index is 0.0658. The van der Waals surface area contributed by atoms with Crippen LogP contribution in [0.15, 0.2) is 36.5 Å². The van der Waals surface area contributed by atoms with E-state index in [1.54, 1.807) is 36.9 Å². The van der Waals surface area contributed by atoms with Gasteiger partial charge in [0.05, 0.1) is 5.02 Å². The summed E-state index contributed by atoms with van der Waals surface area (Å²) in [5, 5.41) is 3.70. The van der Waals surface area contributed by atoms with Crippen molar-refractivity contribution < 1.29 is 18.7 Å². The third kappa shape index (κ3) is 3.84. The van der Waals surface area contributed by atoms with Gasteiger partial charge in [-0.3, -0.25) is 9.59 Å². The molecule has 4 heterocycles. The number of carbonyl (C=O) groups is 2. The number of nitrogens with zero attached hydrogens (tertiary/aromatic N) is 3. The average molecular weight is 485 g/mol. The van der Waals surface area contributed by atoms with E-state index >= 15 is 0 Å². The molecule has 2 aliphatic rings. The zero-order valence-electron chi connectivity index (χ0n) is 19.1. The fourth-order valence-electron chi connectivity index (χ4n) is 4.77.